The van der Waals surface area contributed by atoms with Gasteiger partial charge in [0, 0.05) is 43.4 Å². The summed E-state index contributed by atoms with van der Waals surface area (Å²) < 4.78 is 6.40. The lowest BCUT2D eigenvalue weighted by atomic mass is 9.97. The van der Waals surface area contributed by atoms with Crippen LogP contribution in [0.5, 0.6) is 0 Å². The fourth-order valence-corrected chi connectivity index (χ4v) is 9.38. The van der Waals surface area contributed by atoms with E-state index in [2.05, 4.69) is 182 Å². The van der Waals surface area contributed by atoms with Crippen LogP contribution in [0, 0.1) is 0 Å². The third kappa shape index (κ3) is 5.27. The van der Waals surface area contributed by atoms with Crippen LogP contribution < -0.4 is 0 Å². The van der Waals surface area contributed by atoms with E-state index in [0.29, 0.717) is 0 Å². The summed E-state index contributed by atoms with van der Waals surface area (Å²) in [5.74, 6) is 0. The fraction of sp³-hybridized carbons (Fsp3) is 0. The predicted molar refractivity (Wildman–Crippen MR) is 252 cm³/mol. The molecule has 3 aromatic heterocycles. The second-order valence-electron chi connectivity index (χ2n) is 15.8. The van der Waals surface area contributed by atoms with Gasteiger partial charge in [0.25, 0.3) is 0 Å². The molecule has 0 spiro atoms. The number of nitrogens with zero attached hydrogens (tertiary/aromatic N) is 4. The number of fused-ring (bicyclic) bond motifs is 15. The summed E-state index contributed by atoms with van der Waals surface area (Å²) in [5.41, 5.74) is 13.5. The van der Waals surface area contributed by atoms with Crippen molar-refractivity contribution in [2.75, 3.05) is 0 Å². The van der Waals surface area contributed by atoms with E-state index in [-0.39, 0.29) is 0 Å². The molecule has 0 aliphatic rings. The molecule has 0 bridgehead atoms. The summed E-state index contributed by atoms with van der Waals surface area (Å²) in [7, 11) is 0. The largest absolute Gasteiger partial charge is 0.456 e. The molecule has 61 heavy (non-hydrogen) atoms. The highest BCUT2D eigenvalue weighted by molar-refractivity contribution is 6.24. The first-order valence-electron chi connectivity index (χ1n) is 20.5. The minimum Gasteiger partial charge on any atom is -0.456 e. The summed E-state index contributed by atoms with van der Waals surface area (Å²) in [6, 6.07) is 63.9. The van der Waals surface area contributed by atoms with Crippen molar-refractivity contribution in [1.82, 2.24) is 19.9 Å². The molecule has 0 saturated carbocycles. The van der Waals surface area contributed by atoms with Gasteiger partial charge in [-0.2, -0.15) is 0 Å². The van der Waals surface area contributed by atoms with Gasteiger partial charge in [-0.1, -0.05) is 146 Å². The number of hydrogen-bond acceptors (Lipinski definition) is 5. The number of benzene rings is 10. The Bertz CT molecular complexity index is 3630. The van der Waals surface area contributed by atoms with Gasteiger partial charge in [-0.15, -0.1) is 0 Å². The summed E-state index contributed by atoms with van der Waals surface area (Å²) in [6.07, 6.45) is 3.81. The van der Waals surface area contributed by atoms with Gasteiger partial charge in [-0.25, -0.2) is 9.97 Å². The molecule has 3 heterocycles. The average Bonchev–Trinajstić information content (AvgIpc) is 3.71. The first-order chi connectivity index (χ1) is 30.2. The van der Waals surface area contributed by atoms with E-state index >= 15 is 0 Å². The third-order valence-electron chi connectivity index (χ3n) is 12.3. The van der Waals surface area contributed by atoms with Gasteiger partial charge < -0.3 is 4.42 Å². The summed E-state index contributed by atoms with van der Waals surface area (Å²) in [6.45, 7) is 0. The number of aromatic nitrogens is 4. The van der Waals surface area contributed by atoms with Crippen molar-refractivity contribution in [2.45, 2.75) is 0 Å². The van der Waals surface area contributed by atoms with E-state index in [9.17, 15) is 0 Å². The Morgan fingerprint density at radius 2 is 0.607 bits per heavy atom. The van der Waals surface area contributed by atoms with Crippen molar-refractivity contribution in [1.29, 1.82) is 0 Å². The molecule has 0 N–H and O–H groups in total. The van der Waals surface area contributed by atoms with Crippen LogP contribution in [0.3, 0.4) is 0 Å². The van der Waals surface area contributed by atoms with Crippen LogP contribution in [0.2, 0.25) is 0 Å². The lowest BCUT2D eigenvalue weighted by Gasteiger charge is -2.11. The molecular weight excluding hydrogens is 745 g/mol. The number of furan rings is 1. The third-order valence-corrected chi connectivity index (χ3v) is 12.3. The highest BCUT2D eigenvalue weighted by Crippen LogP contribution is 2.39. The monoisotopic (exact) mass is 776 g/mol. The van der Waals surface area contributed by atoms with E-state index in [1.54, 1.807) is 0 Å². The van der Waals surface area contributed by atoms with Gasteiger partial charge in [0.2, 0.25) is 0 Å². The first-order valence-corrected chi connectivity index (χ1v) is 20.5. The zero-order valence-electron chi connectivity index (χ0n) is 32.7. The van der Waals surface area contributed by atoms with E-state index < -0.39 is 0 Å². The average molecular weight is 777 g/mol. The Labute approximate surface area is 349 Å². The Morgan fingerprint density at radius 3 is 1.02 bits per heavy atom. The minimum atomic E-state index is 0.841. The summed E-state index contributed by atoms with van der Waals surface area (Å²) in [5, 5.41) is 11.3. The molecule has 13 aromatic rings. The highest BCUT2D eigenvalue weighted by atomic mass is 16.3. The Hall–Kier alpha value is -8.28. The van der Waals surface area contributed by atoms with E-state index in [0.717, 1.165) is 110 Å². The van der Waals surface area contributed by atoms with Gasteiger partial charge in [0.05, 0.1) is 45.8 Å². The van der Waals surface area contributed by atoms with E-state index in [4.69, 9.17) is 24.4 Å². The predicted octanol–water partition coefficient (Wildman–Crippen LogP) is 14.8. The van der Waals surface area contributed by atoms with Crippen LogP contribution in [-0.4, -0.2) is 19.9 Å². The first kappa shape index (κ1) is 33.7. The van der Waals surface area contributed by atoms with Gasteiger partial charge in [0.15, 0.2) is 0 Å². The molecule has 0 fully saturated rings. The molecule has 0 aliphatic heterocycles. The second kappa shape index (κ2) is 13.1. The number of hydrogen-bond donors (Lipinski definition) is 0. The van der Waals surface area contributed by atoms with Crippen LogP contribution in [-0.2, 0) is 0 Å². The summed E-state index contributed by atoms with van der Waals surface area (Å²) in [4.78, 5) is 20.5. The van der Waals surface area contributed by atoms with Gasteiger partial charge >= 0.3 is 0 Å². The van der Waals surface area contributed by atoms with Crippen molar-refractivity contribution in [3.05, 3.63) is 194 Å². The minimum absolute atomic E-state index is 0.841. The quantitative estimate of drug-likeness (QED) is 0.167. The van der Waals surface area contributed by atoms with Crippen molar-refractivity contribution >= 4 is 87.1 Å². The van der Waals surface area contributed by atoms with Crippen molar-refractivity contribution in [2.24, 2.45) is 0 Å². The smallest absolute Gasteiger partial charge is 0.135 e. The zero-order chi connectivity index (χ0) is 40.0. The zero-order valence-corrected chi connectivity index (χ0v) is 32.7. The molecule has 0 unspecified atom stereocenters. The molecule has 0 amide bonds. The molecule has 0 aliphatic carbocycles. The molecule has 282 valence electrons. The number of rotatable bonds is 4. The van der Waals surface area contributed by atoms with Crippen molar-refractivity contribution in [3.63, 3.8) is 0 Å². The van der Waals surface area contributed by atoms with Gasteiger partial charge in [0.1, 0.15) is 11.2 Å². The van der Waals surface area contributed by atoms with Crippen molar-refractivity contribution in [3.8, 4) is 44.8 Å². The van der Waals surface area contributed by atoms with Gasteiger partial charge in [-0.05, 0) is 80.2 Å². The van der Waals surface area contributed by atoms with E-state index in [1.165, 1.54) is 21.5 Å². The SMILES string of the molecule is c1cc(-c2ccc3oc4ccc(-c5cccc(-c6cnc7c8ccccc8c8ccccc8c7n6)c5)cc4c3c2)cc(-c2cnc3c4ccccc4c4ccccc4c3n2)c1. The molecule has 0 radical (unpaired) electrons. The Kier molecular flexibility index (Phi) is 7.24. The molecule has 5 heteroatoms. The maximum Gasteiger partial charge on any atom is 0.135 e. The van der Waals surface area contributed by atoms with Gasteiger partial charge in [-0.3, -0.25) is 9.97 Å². The fourth-order valence-electron chi connectivity index (χ4n) is 9.38. The standard InChI is InChI=1S/C56H32N4O/c1-5-19-43-39(15-1)41-17-3-7-21-45(41)55-53(43)57-31-49(59-55)37-13-9-11-33(27-37)35-23-25-51-47(29-35)48-30-36(24-26-52(48)61-51)34-12-10-14-38(28-34)50-32-58-54-44-20-6-2-16-40(44)42-18-4-8-22-46(42)56(54)60-50/h1-32H. The van der Waals surface area contributed by atoms with Crippen LogP contribution in [0.1, 0.15) is 0 Å². The topological polar surface area (TPSA) is 64.7 Å². The molecular formula is C56H32N4O. The summed E-state index contributed by atoms with van der Waals surface area (Å²) >= 11 is 0. The van der Waals surface area contributed by atoms with Crippen LogP contribution in [0.25, 0.3) is 132 Å². The molecule has 0 atom stereocenters. The lowest BCUT2D eigenvalue weighted by molar-refractivity contribution is 0.669. The molecule has 13 rings (SSSR count). The van der Waals surface area contributed by atoms with E-state index in [1.807, 2.05) is 12.4 Å². The Morgan fingerprint density at radius 1 is 0.262 bits per heavy atom. The van der Waals surface area contributed by atoms with Crippen molar-refractivity contribution < 1.29 is 4.42 Å². The van der Waals surface area contributed by atoms with Crippen LogP contribution in [0.15, 0.2) is 199 Å². The normalized spacial score (nSPS) is 11.9. The highest BCUT2D eigenvalue weighted by Gasteiger charge is 2.16. The maximum absolute atomic E-state index is 6.40. The molecule has 10 aromatic carbocycles. The lowest BCUT2D eigenvalue weighted by Crippen LogP contribution is -1.92. The van der Waals surface area contributed by atoms with Crippen LogP contribution in [0.4, 0.5) is 0 Å². The molecule has 5 nitrogen and oxygen atoms in total. The Balaban J connectivity index is 0.877. The molecule has 0 saturated heterocycles. The van der Waals surface area contributed by atoms with Crippen LogP contribution >= 0.6 is 0 Å². The second-order valence-corrected chi connectivity index (χ2v) is 15.8. The maximum atomic E-state index is 6.40.